The van der Waals surface area contributed by atoms with Crippen molar-refractivity contribution in [1.82, 2.24) is 10.1 Å². The van der Waals surface area contributed by atoms with Crippen LogP contribution in [-0.2, 0) is 10.3 Å². The molecule has 96 valence electrons. The van der Waals surface area contributed by atoms with Gasteiger partial charge in [-0.15, -0.1) is 0 Å². The molecule has 1 aliphatic carbocycles. The highest BCUT2D eigenvalue weighted by Gasteiger charge is 2.37. The SMILES string of the molecule is COC1(c2noc(C(C)O)n2)CCCCCC1. The summed E-state index contributed by atoms with van der Waals surface area (Å²) in [6.45, 7) is 1.61. The molecule has 0 saturated heterocycles. The summed E-state index contributed by atoms with van der Waals surface area (Å²) in [5.41, 5.74) is -0.423. The van der Waals surface area contributed by atoms with Crippen molar-refractivity contribution in [1.29, 1.82) is 0 Å². The fourth-order valence-electron chi connectivity index (χ4n) is 2.41. The molecule has 0 bridgehead atoms. The van der Waals surface area contributed by atoms with Gasteiger partial charge in [0, 0.05) is 7.11 Å². The Labute approximate surface area is 101 Å². The van der Waals surface area contributed by atoms with Crippen LogP contribution < -0.4 is 0 Å². The molecule has 1 saturated carbocycles. The largest absolute Gasteiger partial charge is 0.384 e. The lowest BCUT2D eigenvalue weighted by Crippen LogP contribution is -2.29. The van der Waals surface area contributed by atoms with E-state index in [1.54, 1.807) is 14.0 Å². The van der Waals surface area contributed by atoms with Crippen LogP contribution in [0.1, 0.15) is 63.3 Å². The minimum Gasteiger partial charge on any atom is -0.384 e. The number of aromatic nitrogens is 2. The first-order valence-corrected chi connectivity index (χ1v) is 6.25. The van der Waals surface area contributed by atoms with Gasteiger partial charge in [0.2, 0.25) is 5.82 Å². The number of hydrogen-bond donors (Lipinski definition) is 1. The van der Waals surface area contributed by atoms with E-state index in [0.717, 1.165) is 25.7 Å². The monoisotopic (exact) mass is 240 g/mol. The maximum absolute atomic E-state index is 9.41. The van der Waals surface area contributed by atoms with E-state index in [1.807, 2.05) is 0 Å². The molecule has 0 spiro atoms. The molecule has 17 heavy (non-hydrogen) atoms. The Balaban J connectivity index is 2.25. The highest BCUT2D eigenvalue weighted by atomic mass is 16.5. The van der Waals surface area contributed by atoms with Crippen LogP contribution in [-0.4, -0.2) is 22.4 Å². The predicted octanol–water partition coefficient (Wildman–Crippen LogP) is 2.32. The summed E-state index contributed by atoms with van der Waals surface area (Å²) in [6.07, 6.45) is 5.80. The van der Waals surface area contributed by atoms with Crippen molar-refractivity contribution in [3.05, 3.63) is 11.7 Å². The Hall–Kier alpha value is -0.940. The van der Waals surface area contributed by atoms with Gasteiger partial charge in [-0.3, -0.25) is 0 Å². The van der Waals surface area contributed by atoms with Gasteiger partial charge in [0.05, 0.1) is 0 Å². The van der Waals surface area contributed by atoms with Gasteiger partial charge in [-0.2, -0.15) is 4.98 Å². The second-order valence-electron chi connectivity index (χ2n) is 4.74. The van der Waals surface area contributed by atoms with Crippen LogP contribution in [0.5, 0.6) is 0 Å². The van der Waals surface area contributed by atoms with Crippen molar-refractivity contribution in [2.24, 2.45) is 0 Å². The Kier molecular flexibility index (Phi) is 3.79. The van der Waals surface area contributed by atoms with Crippen molar-refractivity contribution < 1.29 is 14.4 Å². The van der Waals surface area contributed by atoms with Crippen LogP contribution in [0.4, 0.5) is 0 Å². The number of nitrogens with zero attached hydrogens (tertiary/aromatic N) is 2. The first-order valence-electron chi connectivity index (χ1n) is 6.25. The zero-order chi connectivity index (χ0) is 12.3. The third-order valence-corrected chi connectivity index (χ3v) is 3.51. The van der Waals surface area contributed by atoms with Gasteiger partial charge in [-0.05, 0) is 19.8 Å². The molecule has 0 aliphatic heterocycles. The summed E-state index contributed by atoms with van der Waals surface area (Å²) in [7, 11) is 1.70. The molecule has 0 aromatic carbocycles. The van der Waals surface area contributed by atoms with Crippen LogP contribution in [0, 0.1) is 0 Å². The molecule has 0 amide bonds. The van der Waals surface area contributed by atoms with E-state index in [2.05, 4.69) is 10.1 Å². The summed E-state index contributed by atoms with van der Waals surface area (Å²) in [6, 6.07) is 0. The zero-order valence-electron chi connectivity index (χ0n) is 10.5. The Morgan fingerprint density at radius 3 is 2.41 bits per heavy atom. The molecule has 1 unspecified atom stereocenters. The maximum atomic E-state index is 9.41. The lowest BCUT2D eigenvalue weighted by Gasteiger charge is -2.27. The maximum Gasteiger partial charge on any atom is 0.255 e. The van der Waals surface area contributed by atoms with E-state index < -0.39 is 11.7 Å². The molecular formula is C12H20N2O3. The Morgan fingerprint density at radius 1 is 1.29 bits per heavy atom. The van der Waals surface area contributed by atoms with Crippen LogP contribution in [0.25, 0.3) is 0 Å². The fourth-order valence-corrected chi connectivity index (χ4v) is 2.41. The van der Waals surface area contributed by atoms with Crippen molar-refractivity contribution in [3.8, 4) is 0 Å². The third kappa shape index (κ3) is 2.50. The number of hydrogen-bond acceptors (Lipinski definition) is 5. The lowest BCUT2D eigenvalue weighted by atomic mass is 9.93. The average molecular weight is 240 g/mol. The van der Waals surface area contributed by atoms with E-state index in [-0.39, 0.29) is 5.89 Å². The molecule has 1 aliphatic rings. The molecule has 1 heterocycles. The Bertz CT molecular complexity index is 354. The molecule has 1 atom stereocenters. The second kappa shape index (κ2) is 5.14. The number of rotatable bonds is 3. The minimum atomic E-state index is -0.726. The first-order chi connectivity index (χ1) is 8.18. The minimum absolute atomic E-state index is 0.265. The summed E-state index contributed by atoms with van der Waals surface area (Å²) in [4.78, 5) is 4.27. The molecule has 1 fully saturated rings. The van der Waals surface area contributed by atoms with Gasteiger partial charge in [0.15, 0.2) is 0 Å². The standard InChI is InChI=1S/C12H20N2O3/c1-9(15)10-13-11(14-17-10)12(16-2)7-5-3-4-6-8-12/h9,15H,3-8H2,1-2H3. The van der Waals surface area contributed by atoms with Crippen LogP contribution in [0.15, 0.2) is 4.52 Å². The Morgan fingerprint density at radius 2 is 1.94 bits per heavy atom. The molecule has 1 aromatic heterocycles. The molecule has 0 radical (unpaired) electrons. The van der Waals surface area contributed by atoms with Gasteiger partial charge >= 0.3 is 0 Å². The van der Waals surface area contributed by atoms with Gasteiger partial charge in [-0.1, -0.05) is 30.8 Å². The van der Waals surface area contributed by atoms with E-state index >= 15 is 0 Å². The smallest absolute Gasteiger partial charge is 0.255 e. The molecule has 5 nitrogen and oxygen atoms in total. The normalized spacial score (nSPS) is 22.1. The number of methoxy groups -OCH3 is 1. The fraction of sp³-hybridized carbons (Fsp3) is 0.833. The number of aliphatic hydroxyl groups excluding tert-OH is 1. The molecule has 5 heteroatoms. The molecule has 1 aromatic rings. The topological polar surface area (TPSA) is 68.4 Å². The van der Waals surface area contributed by atoms with Crippen molar-refractivity contribution in [3.63, 3.8) is 0 Å². The average Bonchev–Trinajstić information content (AvgIpc) is 2.70. The second-order valence-corrected chi connectivity index (χ2v) is 4.74. The lowest BCUT2D eigenvalue weighted by molar-refractivity contribution is -0.0365. The summed E-state index contributed by atoms with van der Waals surface area (Å²) < 4.78 is 10.7. The molecule has 2 rings (SSSR count). The quantitative estimate of drug-likeness (QED) is 0.821. The van der Waals surface area contributed by atoms with E-state index in [9.17, 15) is 5.11 Å². The summed E-state index contributed by atoms with van der Waals surface area (Å²) in [5.74, 6) is 0.846. The highest BCUT2D eigenvalue weighted by molar-refractivity contribution is 5.03. The van der Waals surface area contributed by atoms with E-state index in [1.165, 1.54) is 12.8 Å². The highest BCUT2D eigenvalue weighted by Crippen LogP contribution is 2.37. The number of ether oxygens (including phenoxy) is 1. The predicted molar refractivity (Wildman–Crippen MR) is 61.3 cm³/mol. The number of aliphatic hydroxyl groups is 1. The van der Waals surface area contributed by atoms with Crippen LogP contribution in [0.2, 0.25) is 0 Å². The van der Waals surface area contributed by atoms with Gasteiger partial charge in [-0.25, -0.2) is 0 Å². The van der Waals surface area contributed by atoms with E-state index in [4.69, 9.17) is 9.26 Å². The van der Waals surface area contributed by atoms with Crippen molar-refractivity contribution in [2.75, 3.05) is 7.11 Å². The van der Waals surface area contributed by atoms with E-state index in [0.29, 0.717) is 5.82 Å². The summed E-state index contributed by atoms with van der Waals surface area (Å²) in [5, 5.41) is 13.4. The van der Waals surface area contributed by atoms with Crippen LogP contribution >= 0.6 is 0 Å². The van der Waals surface area contributed by atoms with Gasteiger partial charge in [0.1, 0.15) is 11.7 Å². The first kappa shape index (κ1) is 12.5. The van der Waals surface area contributed by atoms with Crippen molar-refractivity contribution in [2.45, 2.75) is 57.2 Å². The third-order valence-electron chi connectivity index (χ3n) is 3.51. The summed E-state index contributed by atoms with van der Waals surface area (Å²) >= 11 is 0. The van der Waals surface area contributed by atoms with Gasteiger partial charge < -0.3 is 14.4 Å². The molecule has 1 N–H and O–H groups in total. The van der Waals surface area contributed by atoms with Gasteiger partial charge in [0.25, 0.3) is 5.89 Å². The molecular weight excluding hydrogens is 220 g/mol. The van der Waals surface area contributed by atoms with Crippen molar-refractivity contribution >= 4 is 0 Å². The van der Waals surface area contributed by atoms with Crippen LogP contribution in [0.3, 0.4) is 0 Å². The zero-order valence-corrected chi connectivity index (χ0v) is 10.5.